The number of nitriles is 1. The Bertz CT molecular complexity index is 2000. The van der Waals surface area contributed by atoms with Crippen LogP contribution in [0.15, 0.2) is 66.7 Å². The van der Waals surface area contributed by atoms with Crippen LogP contribution >= 0.6 is 0 Å². The number of fused-ring (bicyclic) bond motifs is 1. The van der Waals surface area contributed by atoms with Gasteiger partial charge in [-0.15, -0.1) is 10.2 Å². The van der Waals surface area contributed by atoms with Crippen molar-refractivity contribution in [3.8, 4) is 34.6 Å². The van der Waals surface area contributed by atoms with E-state index in [-0.39, 0.29) is 46.9 Å². The summed E-state index contributed by atoms with van der Waals surface area (Å²) in [6.07, 6.45) is 0.0195. The van der Waals surface area contributed by atoms with E-state index in [0.717, 1.165) is 29.3 Å². The van der Waals surface area contributed by atoms with Crippen LogP contribution in [-0.4, -0.2) is 48.9 Å². The predicted molar refractivity (Wildman–Crippen MR) is 153 cm³/mol. The summed E-state index contributed by atoms with van der Waals surface area (Å²) in [5, 5.41) is 23.0. The summed E-state index contributed by atoms with van der Waals surface area (Å²) < 4.78 is 57.9. The van der Waals surface area contributed by atoms with E-state index in [1.807, 2.05) is 28.8 Å². The summed E-state index contributed by atoms with van der Waals surface area (Å²) in [6, 6.07) is 18.3. The molecule has 3 aromatic heterocycles. The minimum atomic E-state index is -0.678. The lowest BCUT2D eigenvalue weighted by Gasteiger charge is -2.12. The number of pyridine rings is 1. The Hall–Kier alpha value is -5.61. The quantitative estimate of drug-likeness (QED) is 0.223. The van der Waals surface area contributed by atoms with Crippen LogP contribution in [-0.2, 0) is 24.3 Å². The fourth-order valence-corrected chi connectivity index (χ4v) is 4.78. The van der Waals surface area contributed by atoms with E-state index >= 15 is 8.78 Å². The first-order chi connectivity index (χ1) is 21.4. The van der Waals surface area contributed by atoms with Gasteiger partial charge in [-0.2, -0.15) is 10.5 Å². The van der Waals surface area contributed by atoms with Gasteiger partial charge in [0.15, 0.2) is 0 Å². The van der Waals surface area contributed by atoms with Crippen molar-refractivity contribution in [2.24, 2.45) is 0 Å². The van der Waals surface area contributed by atoms with Gasteiger partial charge in [-0.25, -0.2) is 23.1 Å². The van der Waals surface area contributed by atoms with Crippen LogP contribution in [0.2, 0.25) is 0 Å². The lowest BCUT2D eigenvalue weighted by atomic mass is 10.0. The smallest absolute Gasteiger partial charge is 0.214 e. The van der Waals surface area contributed by atoms with Gasteiger partial charge in [0.1, 0.15) is 29.9 Å². The van der Waals surface area contributed by atoms with Gasteiger partial charge in [0.05, 0.1) is 35.0 Å². The van der Waals surface area contributed by atoms with Crippen LogP contribution in [0.5, 0.6) is 5.88 Å². The number of imidazole rings is 1. The van der Waals surface area contributed by atoms with Gasteiger partial charge in [0.2, 0.25) is 11.7 Å². The molecule has 6 aromatic rings. The van der Waals surface area contributed by atoms with Crippen molar-refractivity contribution >= 4 is 11.0 Å². The molecule has 0 amide bonds. The second kappa shape index (κ2) is 12.3. The highest BCUT2D eigenvalue weighted by Crippen LogP contribution is 2.29. The minimum Gasteiger partial charge on any atom is -0.473 e. The molecular formula is C31H23F3N8O2. The van der Waals surface area contributed by atoms with Gasteiger partial charge in [-0.05, 0) is 59.3 Å². The standard InChI is InChI=1S/C31H23F3N8O2/c1-43-10-9-42-28-13-19(31-38-40-41-39-31)7-8-27(28)36-29(42)14-21-12-25(34)22(15-24(21)33)26-3-2-4-30(37-26)44-17-20-6-5-18(16-35)11-23(20)32/h2-8,11-13,15H,9-10,14,17H2,1H3,(H,38,39,40,41). The number of benzene rings is 3. The number of rotatable bonds is 10. The minimum absolute atomic E-state index is 0.0195. The maximum absolute atomic E-state index is 15.5. The Balaban J connectivity index is 1.26. The van der Waals surface area contributed by atoms with Crippen LogP contribution in [0.3, 0.4) is 0 Å². The third-order valence-electron chi connectivity index (χ3n) is 6.99. The molecule has 10 nitrogen and oxygen atoms in total. The molecule has 0 spiro atoms. The van der Waals surface area contributed by atoms with Gasteiger partial charge in [0.25, 0.3) is 0 Å². The molecule has 0 fully saturated rings. The number of tetrazole rings is 1. The van der Waals surface area contributed by atoms with E-state index in [1.165, 1.54) is 24.3 Å². The molecule has 0 aliphatic carbocycles. The van der Waals surface area contributed by atoms with E-state index in [2.05, 4.69) is 25.6 Å². The van der Waals surface area contributed by atoms with Crippen LogP contribution in [0.25, 0.3) is 33.7 Å². The van der Waals surface area contributed by atoms with E-state index < -0.39 is 17.5 Å². The fraction of sp³-hybridized carbons (Fsp3) is 0.161. The molecule has 1 N–H and O–H groups in total. The topological polar surface area (TPSA) is 127 Å². The van der Waals surface area contributed by atoms with Crippen LogP contribution in [0.1, 0.15) is 22.5 Å². The van der Waals surface area contributed by atoms with Gasteiger partial charge in [0, 0.05) is 42.8 Å². The molecule has 6 rings (SSSR count). The molecule has 0 aliphatic rings. The Morgan fingerprint density at radius 2 is 1.80 bits per heavy atom. The Morgan fingerprint density at radius 3 is 2.57 bits per heavy atom. The molecule has 0 saturated carbocycles. The molecule has 220 valence electrons. The van der Waals surface area contributed by atoms with Crippen molar-refractivity contribution < 1.29 is 22.6 Å². The molecule has 0 unspecified atom stereocenters. The zero-order valence-corrected chi connectivity index (χ0v) is 23.3. The molecule has 3 heterocycles. The van der Waals surface area contributed by atoms with Crippen molar-refractivity contribution in [3.05, 3.63) is 107 Å². The molecule has 0 radical (unpaired) electrons. The summed E-state index contributed by atoms with van der Waals surface area (Å²) in [6.45, 7) is 0.649. The number of ether oxygens (including phenoxy) is 2. The van der Waals surface area contributed by atoms with Crippen molar-refractivity contribution in [3.63, 3.8) is 0 Å². The van der Waals surface area contributed by atoms with Crippen LogP contribution in [0.4, 0.5) is 13.2 Å². The highest BCUT2D eigenvalue weighted by Gasteiger charge is 2.18. The monoisotopic (exact) mass is 596 g/mol. The third kappa shape index (κ3) is 5.83. The first-order valence-corrected chi connectivity index (χ1v) is 13.4. The molecule has 44 heavy (non-hydrogen) atoms. The molecule has 3 aromatic carbocycles. The number of methoxy groups -OCH3 is 1. The number of aromatic nitrogens is 7. The molecule has 0 saturated heterocycles. The maximum atomic E-state index is 15.5. The highest BCUT2D eigenvalue weighted by atomic mass is 19.1. The normalized spacial score (nSPS) is 11.2. The first kappa shape index (κ1) is 28.5. The fourth-order valence-electron chi connectivity index (χ4n) is 4.78. The summed E-state index contributed by atoms with van der Waals surface area (Å²) in [5.41, 5.74) is 2.77. The molecule has 13 heteroatoms. The second-order valence-corrected chi connectivity index (χ2v) is 9.78. The Morgan fingerprint density at radius 1 is 0.932 bits per heavy atom. The van der Waals surface area contributed by atoms with Gasteiger partial charge < -0.3 is 14.0 Å². The largest absolute Gasteiger partial charge is 0.473 e. The molecule has 0 bridgehead atoms. The zero-order valence-electron chi connectivity index (χ0n) is 23.3. The van der Waals surface area contributed by atoms with E-state index in [9.17, 15) is 4.39 Å². The number of nitrogens with zero attached hydrogens (tertiary/aromatic N) is 7. The Labute approximate surface area is 248 Å². The van der Waals surface area contributed by atoms with E-state index in [0.29, 0.717) is 30.3 Å². The second-order valence-electron chi connectivity index (χ2n) is 9.78. The van der Waals surface area contributed by atoms with Crippen molar-refractivity contribution in [1.82, 2.24) is 35.2 Å². The zero-order chi connectivity index (χ0) is 30.6. The predicted octanol–water partition coefficient (Wildman–Crippen LogP) is 5.38. The lowest BCUT2D eigenvalue weighted by molar-refractivity contribution is 0.187. The van der Waals surface area contributed by atoms with E-state index in [1.54, 1.807) is 13.2 Å². The number of halogens is 3. The maximum Gasteiger partial charge on any atom is 0.214 e. The summed E-state index contributed by atoms with van der Waals surface area (Å²) in [5.74, 6) is -0.859. The average molecular weight is 597 g/mol. The average Bonchev–Trinajstić information content (AvgIpc) is 3.69. The van der Waals surface area contributed by atoms with Crippen molar-refractivity contribution in [2.45, 2.75) is 19.6 Å². The molecular weight excluding hydrogens is 573 g/mol. The number of aromatic amines is 1. The van der Waals surface area contributed by atoms with Gasteiger partial charge in [-0.3, -0.25) is 0 Å². The lowest BCUT2D eigenvalue weighted by Crippen LogP contribution is -2.10. The summed E-state index contributed by atoms with van der Waals surface area (Å²) in [4.78, 5) is 8.98. The summed E-state index contributed by atoms with van der Waals surface area (Å²) in [7, 11) is 1.58. The van der Waals surface area contributed by atoms with Crippen LogP contribution < -0.4 is 4.74 Å². The van der Waals surface area contributed by atoms with Crippen LogP contribution in [0, 0.1) is 28.8 Å². The SMILES string of the molecule is COCCn1c(Cc2cc(F)c(-c3cccc(OCc4ccc(C#N)cc4F)n3)cc2F)nc2ccc(-c3nn[nH]n3)cc21. The highest BCUT2D eigenvalue weighted by molar-refractivity contribution is 5.81. The number of hydrogen-bond donors (Lipinski definition) is 1. The van der Waals surface area contributed by atoms with Gasteiger partial charge in [-0.1, -0.05) is 12.1 Å². The van der Waals surface area contributed by atoms with Crippen molar-refractivity contribution in [2.75, 3.05) is 13.7 Å². The number of nitrogens with one attached hydrogen (secondary N) is 1. The van der Waals surface area contributed by atoms with E-state index in [4.69, 9.17) is 19.7 Å². The van der Waals surface area contributed by atoms with Crippen molar-refractivity contribution in [1.29, 1.82) is 5.26 Å². The summed E-state index contributed by atoms with van der Waals surface area (Å²) >= 11 is 0. The molecule has 0 atom stereocenters. The number of H-pyrrole nitrogens is 1. The molecule has 0 aliphatic heterocycles. The van der Waals surface area contributed by atoms with Gasteiger partial charge >= 0.3 is 0 Å². The third-order valence-corrected chi connectivity index (χ3v) is 6.99. The Kier molecular flexibility index (Phi) is 7.98. The first-order valence-electron chi connectivity index (χ1n) is 13.4. The number of hydrogen-bond acceptors (Lipinski definition) is 8.